The zero-order valence-electron chi connectivity index (χ0n) is 15.9. The first kappa shape index (κ1) is 17.6. The topological polar surface area (TPSA) is 60.9 Å². The van der Waals surface area contributed by atoms with Crippen LogP contribution in [0, 0.1) is 11.8 Å². The zero-order chi connectivity index (χ0) is 19.3. The Balaban J connectivity index is 1.55. The number of fused-ring (bicyclic) bond motifs is 3. The van der Waals surface area contributed by atoms with Crippen LogP contribution in [0.1, 0.15) is 24.8 Å². The van der Waals surface area contributed by atoms with Gasteiger partial charge in [0.15, 0.2) is 11.9 Å². The van der Waals surface area contributed by atoms with E-state index in [0.717, 1.165) is 36.0 Å². The molecule has 0 radical (unpaired) electrons. The Kier molecular flexibility index (Phi) is 4.13. The molecule has 0 amide bonds. The fraction of sp³-hybridized carbons (Fsp3) is 0.455. The van der Waals surface area contributed by atoms with Gasteiger partial charge in [0.25, 0.3) is 0 Å². The average Bonchev–Trinajstić information content (AvgIpc) is 3.36. The number of hydrogen-bond donors (Lipinski definition) is 0. The van der Waals surface area contributed by atoms with Crippen LogP contribution in [0.5, 0.6) is 0 Å². The molecule has 4 unspecified atom stereocenters. The van der Waals surface area contributed by atoms with Gasteiger partial charge in [-0.05, 0) is 25.0 Å². The molecule has 0 saturated carbocycles. The van der Waals surface area contributed by atoms with Gasteiger partial charge in [-0.2, -0.15) is 0 Å². The van der Waals surface area contributed by atoms with Crippen LogP contribution in [0.3, 0.4) is 0 Å². The number of rotatable bonds is 3. The maximum absolute atomic E-state index is 12.3. The van der Waals surface area contributed by atoms with E-state index in [1.807, 2.05) is 12.1 Å². The Labute approximate surface area is 164 Å². The number of esters is 1. The van der Waals surface area contributed by atoms with Gasteiger partial charge in [0.1, 0.15) is 0 Å². The lowest BCUT2D eigenvalue weighted by Crippen LogP contribution is -2.48. The van der Waals surface area contributed by atoms with Crippen molar-refractivity contribution >= 4 is 5.97 Å². The third-order valence-corrected chi connectivity index (χ3v) is 6.34. The van der Waals surface area contributed by atoms with Crippen LogP contribution >= 0.6 is 0 Å². The molecule has 0 aromatic carbocycles. The third-order valence-electron chi connectivity index (χ3n) is 6.34. The minimum absolute atomic E-state index is 0.127. The van der Waals surface area contributed by atoms with Gasteiger partial charge in [-0.3, -0.25) is 9.88 Å². The Hall–Kier alpha value is -2.46. The van der Waals surface area contributed by atoms with E-state index in [0.29, 0.717) is 0 Å². The van der Waals surface area contributed by atoms with Crippen LogP contribution in [0.2, 0.25) is 0 Å². The third kappa shape index (κ3) is 2.47. The van der Waals surface area contributed by atoms with Crippen LogP contribution < -0.4 is 0 Å². The van der Waals surface area contributed by atoms with E-state index in [1.165, 1.54) is 0 Å². The van der Waals surface area contributed by atoms with Gasteiger partial charge in [-0.1, -0.05) is 17.9 Å². The molecule has 5 rings (SSSR count). The normalized spacial score (nSPS) is 33.0. The van der Waals surface area contributed by atoms with Crippen molar-refractivity contribution < 1.29 is 19.0 Å². The molecule has 4 aliphatic rings. The van der Waals surface area contributed by atoms with Gasteiger partial charge < -0.3 is 14.2 Å². The molecule has 4 heterocycles. The van der Waals surface area contributed by atoms with E-state index in [2.05, 4.69) is 27.8 Å². The average molecular weight is 378 g/mol. The van der Waals surface area contributed by atoms with Gasteiger partial charge in [0, 0.05) is 61.9 Å². The van der Waals surface area contributed by atoms with E-state index >= 15 is 0 Å². The molecule has 6 heteroatoms. The first-order chi connectivity index (χ1) is 13.7. The lowest BCUT2D eigenvalue weighted by Gasteiger charge is -2.33. The number of ether oxygens (including phenoxy) is 3. The summed E-state index contributed by atoms with van der Waals surface area (Å²) >= 11 is 0. The predicted molar refractivity (Wildman–Crippen MR) is 101 cm³/mol. The van der Waals surface area contributed by atoms with Gasteiger partial charge in [-0.15, -0.1) is 0 Å². The van der Waals surface area contributed by atoms with Crippen molar-refractivity contribution in [1.82, 2.24) is 9.88 Å². The van der Waals surface area contributed by atoms with Gasteiger partial charge >= 0.3 is 5.97 Å². The lowest BCUT2D eigenvalue weighted by atomic mass is 9.77. The predicted octanol–water partition coefficient (Wildman–Crippen LogP) is 1.82. The van der Waals surface area contributed by atoms with Crippen molar-refractivity contribution in [2.75, 3.05) is 14.2 Å². The quantitative estimate of drug-likeness (QED) is 0.454. The summed E-state index contributed by atoms with van der Waals surface area (Å²) in [5.74, 6) is 6.17. The molecule has 1 spiro atoms. The highest BCUT2D eigenvalue weighted by molar-refractivity contribution is 5.90. The smallest absolute Gasteiger partial charge is 0.332 e. The summed E-state index contributed by atoms with van der Waals surface area (Å²) in [4.78, 5) is 18.8. The first-order valence-electron chi connectivity index (χ1n) is 9.58. The minimum Gasteiger partial charge on any atom is -0.449 e. The maximum atomic E-state index is 12.3. The van der Waals surface area contributed by atoms with Crippen LogP contribution in [0.25, 0.3) is 0 Å². The van der Waals surface area contributed by atoms with E-state index < -0.39 is 5.60 Å². The molecule has 3 aliphatic heterocycles. The molecule has 6 nitrogen and oxygen atoms in total. The van der Waals surface area contributed by atoms with E-state index in [-0.39, 0.29) is 30.4 Å². The molecule has 2 fully saturated rings. The maximum Gasteiger partial charge on any atom is 0.332 e. The Morgan fingerprint density at radius 1 is 1.32 bits per heavy atom. The summed E-state index contributed by atoms with van der Waals surface area (Å²) in [6.07, 6.45) is 9.62. The SMILES string of the molecule is COC(OC)C1CCC2N1C1C=C(C#Cc3cccnc3)C3=CC(=O)OC32C1. The van der Waals surface area contributed by atoms with Gasteiger partial charge in [0.05, 0.1) is 12.1 Å². The molecular weight excluding hydrogens is 356 g/mol. The molecule has 2 bridgehead atoms. The van der Waals surface area contributed by atoms with Gasteiger partial charge in [-0.25, -0.2) is 4.79 Å². The van der Waals surface area contributed by atoms with Crippen molar-refractivity contribution in [1.29, 1.82) is 0 Å². The molecule has 2 saturated heterocycles. The lowest BCUT2D eigenvalue weighted by molar-refractivity contribution is -0.151. The second kappa shape index (κ2) is 6.56. The number of carbonyl (C=O) groups is 1. The molecule has 4 atom stereocenters. The highest BCUT2D eigenvalue weighted by Gasteiger charge is 2.65. The molecule has 28 heavy (non-hydrogen) atoms. The molecular formula is C22H22N2O4. The Morgan fingerprint density at radius 2 is 2.18 bits per heavy atom. The van der Waals surface area contributed by atoms with Crippen molar-refractivity contribution in [2.45, 2.75) is 49.3 Å². The second-order valence-corrected chi connectivity index (χ2v) is 7.66. The van der Waals surface area contributed by atoms with Crippen LogP contribution in [0.15, 0.2) is 47.8 Å². The van der Waals surface area contributed by atoms with E-state index in [9.17, 15) is 4.79 Å². The minimum atomic E-state index is -0.601. The number of hydrogen-bond acceptors (Lipinski definition) is 6. The van der Waals surface area contributed by atoms with E-state index in [4.69, 9.17) is 14.2 Å². The Morgan fingerprint density at radius 3 is 2.93 bits per heavy atom. The number of nitrogens with zero attached hydrogens (tertiary/aromatic N) is 2. The zero-order valence-corrected chi connectivity index (χ0v) is 15.9. The standard InChI is InChI=1S/C22H22N2O4/c1-26-21(27-2)18-7-8-19-22-12-16(24(18)19)10-15(17(22)11-20(25)28-22)6-5-14-4-3-9-23-13-14/h3-4,9-11,13,16,18-19,21H,7-8,12H2,1-2H3. The first-order valence-corrected chi connectivity index (χ1v) is 9.58. The Bertz CT molecular complexity index is 925. The van der Waals surface area contributed by atoms with Crippen LogP contribution in [-0.2, 0) is 19.0 Å². The van der Waals surface area contributed by atoms with Gasteiger partial charge in [0.2, 0.25) is 0 Å². The van der Waals surface area contributed by atoms with Crippen molar-refractivity contribution in [3.05, 3.63) is 53.4 Å². The number of pyridine rings is 1. The van der Waals surface area contributed by atoms with Crippen LogP contribution in [-0.4, -0.2) is 60.1 Å². The number of aromatic nitrogens is 1. The monoisotopic (exact) mass is 378 g/mol. The van der Waals surface area contributed by atoms with Crippen molar-refractivity contribution in [2.24, 2.45) is 0 Å². The molecule has 1 aromatic heterocycles. The highest BCUT2D eigenvalue weighted by Crippen LogP contribution is 2.56. The largest absolute Gasteiger partial charge is 0.449 e. The summed E-state index contributed by atoms with van der Waals surface area (Å²) < 4.78 is 17.1. The summed E-state index contributed by atoms with van der Waals surface area (Å²) in [6.45, 7) is 0. The fourth-order valence-electron chi connectivity index (χ4n) is 5.37. The van der Waals surface area contributed by atoms with E-state index in [1.54, 1.807) is 32.7 Å². The fourth-order valence-corrected chi connectivity index (χ4v) is 5.37. The summed E-state index contributed by atoms with van der Waals surface area (Å²) in [5.41, 5.74) is 2.05. The summed E-state index contributed by atoms with van der Waals surface area (Å²) in [7, 11) is 3.34. The number of carbonyl (C=O) groups excluding carboxylic acids is 1. The number of methoxy groups -OCH3 is 2. The van der Waals surface area contributed by atoms with Crippen molar-refractivity contribution in [3.8, 4) is 11.8 Å². The van der Waals surface area contributed by atoms with Crippen LogP contribution in [0.4, 0.5) is 0 Å². The second-order valence-electron chi connectivity index (χ2n) is 7.66. The summed E-state index contributed by atoms with van der Waals surface area (Å²) in [6, 6.07) is 4.19. The summed E-state index contributed by atoms with van der Waals surface area (Å²) in [5, 5.41) is 0. The highest BCUT2D eigenvalue weighted by atomic mass is 16.7. The molecule has 1 aromatic rings. The molecule has 0 N–H and O–H groups in total. The molecule has 144 valence electrons. The molecule has 1 aliphatic carbocycles. The van der Waals surface area contributed by atoms with Crippen molar-refractivity contribution in [3.63, 3.8) is 0 Å².